The van der Waals surface area contributed by atoms with Gasteiger partial charge in [0.25, 0.3) is 0 Å². The molecule has 3 amide bonds. The van der Waals surface area contributed by atoms with E-state index < -0.39 is 18.1 Å². The van der Waals surface area contributed by atoms with Crippen LogP contribution >= 0.6 is 0 Å². The Balaban J connectivity index is 1.20. The molecule has 5 rings (SSSR count). The number of nitrogens with zero attached hydrogens (tertiary/aromatic N) is 1. The number of nitrogens with one attached hydrogen (secondary N) is 3. The summed E-state index contributed by atoms with van der Waals surface area (Å²) in [4.78, 5) is 53.6. The van der Waals surface area contributed by atoms with Crippen molar-refractivity contribution in [3.05, 3.63) is 35.4 Å². The molecule has 3 saturated heterocycles. The van der Waals surface area contributed by atoms with Crippen LogP contribution in [0.25, 0.3) is 0 Å². The van der Waals surface area contributed by atoms with Crippen LogP contribution in [0.2, 0.25) is 0 Å². The fourth-order valence-corrected chi connectivity index (χ4v) is 6.21. The minimum absolute atomic E-state index is 0.138. The molecule has 0 radical (unpaired) electrons. The van der Waals surface area contributed by atoms with Crippen LogP contribution in [0.3, 0.4) is 0 Å². The van der Waals surface area contributed by atoms with Crippen molar-refractivity contribution in [2.45, 2.75) is 101 Å². The van der Waals surface area contributed by atoms with Crippen molar-refractivity contribution in [1.82, 2.24) is 20.9 Å². The van der Waals surface area contributed by atoms with Crippen molar-refractivity contribution in [3.63, 3.8) is 0 Å². The summed E-state index contributed by atoms with van der Waals surface area (Å²) in [5, 5.41) is 8.87. The molecule has 4 aliphatic rings. The first kappa shape index (κ1) is 27.6. The van der Waals surface area contributed by atoms with Gasteiger partial charge in [-0.2, -0.15) is 0 Å². The third kappa shape index (κ3) is 5.96. The molecule has 3 heterocycles. The Hall–Kier alpha value is -2.98. The molecule has 1 spiro atoms. The van der Waals surface area contributed by atoms with E-state index in [0.717, 1.165) is 36.8 Å². The molecule has 39 heavy (non-hydrogen) atoms. The quantitative estimate of drug-likeness (QED) is 0.303. The highest BCUT2D eigenvalue weighted by atomic mass is 16.6. The number of hydrogen-bond donors (Lipinski definition) is 3. The maximum absolute atomic E-state index is 13.8. The molecule has 1 aromatic rings. The molecule has 3 N–H and O–H groups in total. The molecule has 1 aliphatic carbocycles. The van der Waals surface area contributed by atoms with Crippen molar-refractivity contribution >= 4 is 23.7 Å². The number of benzene rings is 1. The van der Waals surface area contributed by atoms with Crippen molar-refractivity contribution in [3.8, 4) is 0 Å². The van der Waals surface area contributed by atoms with Gasteiger partial charge in [0.05, 0.1) is 24.7 Å². The maximum Gasteiger partial charge on any atom is 0.309 e. The molecule has 0 bridgehead atoms. The van der Waals surface area contributed by atoms with Crippen LogP contribution in [0, 0.1) is 5.92 Å². The first-order chi connectivity index (χ1) is 18.6. The summed E-state index contributed by atoms with van der Waals surface area (Å²) < 4.78 is 10.6. The monoisotopic (exact) mass is 540 g/mol. The van der Waals surface area contributed by atoms with Gasteiger partial charge >= 0.3 is 5.97 Å². The van der Waals surface area contributed by atoms with E-state index in [-0.39, 0.29) is 47.9 Å². The normalized spacial score (nSPS) is 31.7. The predicted octanol–water partition coefficient (Wildman–Crippen LogP) is 1.55. The highest BCUT2D eigenvalue weighted by Gasteiger charge is 2.65. The fourth-order valence-electron chi connectivity index (χ4n) is 6.21. The Morgan fingerprint density at radius 3 is 2.72 bits per heavy atom. The van der Waals surface area contributed by atoms with E-state index in [1.807, 2.05) is 36.1 Å². The molecule has 1 aromatic carbocycles. The zero-order chi connectivity index (χ0) is 27.8. The zero-order valence-corrected chi connectivity index (χ0v) is 23.1. The highest BCUT2D eigenvalue weighted by molar-refractivity contribution is 5.94. The first-order valence-electron chi connectivity index (χ1n) is 14.1. The molecule has 212 valence electrons. The van der Waals surface area contributed by atoms with Crippen LogP contribution in [0.1, 0.15) is 69.9 Å². The van der Waals surface area contributed by atoms with Crippen LogP contribution in [-0.2, 0) is 41.8 Å². The summed E-state index contributed by atoms with van der Waals surface area (Å²) in [6.07, 6.45) is 5.10. The van der Waals surface area contributed by atoms with E-state index >= 15 is 0 Å². The summed E-state index contributed by atoms with van der Waals surface area (Å²) in [6.45, 7) is 4.68. The van der Waals surface area contributed by atoms with Crippen LogP contribution < -0.4 is 16.0 Å². The topological polar surface area (TPSA) is 129 Å². The third-order valence-corrected chi connectivity index (χ3v) is 8.88. The Labute approximate surface area is 229 Å². The van der Waals surface area contributed by atoms with Gasteiger partial charge in [0.15, 0.2) is 0 Å². The minimum Gasteiger partial charge on any atom is -0.461 e. The lowest BCUT2D eigenvalue weighted by Gasteiger charge is -2.36. The third-order valence-electron chi connectivity index (χ3n) is 8.88. The number of carbonyl (C=O) groups is 4. The van der Waals surface area contributed by atoms with Crippen LogP contribution in [-0.4, -0.2) is 71.5 Å². The second kappa shape index (κ2) is 10.9. The summed E-state index contributed by atoms with van der Waals surface area (Å²) in [5.41, 5.74) is 1.10. The number of amides is 3. The van der Waals surface area contributed by atoms with Gasteiger partial charge in [-0.25, -0.2) is 0 Å². The van der Waals surface area contributed by atoms with Gasteiger partial charge in [-0.1, -0.05) is 30.7 Å². The smallest absolute Gasteiger partial charge is 0.309 e. The molecule has 4 fully saturated rings. The average molecular weight is 541 g/mol. The van der Waals surface area contributed by atoms with Crippen molar-refractivity contribution in [2.24, 2.45) is 5.92 Å². The van der Waals surface area contributed by atoms with Crippen LogP contribution in [0.4, 0.5) is 0 Å². The minimum atomic E-state index is -0.617. The summed E-state index contributed by atoms with van der Waals surface area (Å²) in [7, 11) is 1.71. The molecular weight excluding hydrogens is 500 g/mol. The van der Waals surface area contributed by atoms with Crippen molar-refractivity contribution in [1.29, 1.82) is 0 Å². The van der Waals surface area contributed by atoms with Gasteiger partial charge in [0.2, 0.25) is 17.7 Å². The Bertz CT molecular complexity index is 1140. The van der Waals surface area contributed by atoms with Gasteiger partial charge in [-0.15, -0.1) is 0 Å². The molecule has 10 nitrogen and oxygen atoms in total. The molecule has 1 saturated carbocycles. The van der Waals surface area contributed by atoms with Gasteiger partial charge in [0, 0.05) is 12.1 Å². The van der Waals surface area contributed by atoms with Gasteiger partial charge in [-0.3, -0.25) is 19.2 Å². The second-order valence-electron chi connectivity index (χ2n) is 11.9. The second-order valence-corrected chi connectivity index (χ2v) is 11.9. The standard InChI is InChI=1S/C29H40N4O6/c1-18(30-3)25(35)32-22-9-5-8-21-13-29(21)11-10-23(33(29)27(22)37)26(36)31-15-19-6-4-7-20(12-19)16-38-24(34)14-28(2)17-39-28/h4,6-7,12,18,21-23,30H,5,8-11,13-17H2,1-3H3,(H,31,36)(H,32,35)/t18-,21?,22-,23-,28?,29?/m0/s1. The van der Waals surface area contributed by atoms with E-state index in [4.69, 9.17) is 9.47 Å². The average Bonchev–Trinajstić information content (AvgIpc) is 3.78. The number of likely N-dealkylation sites (N-methyl/N-ethyl adjacent to an activating group) is 1. The number of epoxide rings is 1. The molecular formula is C29H40N4O6. The van der Waals surface area contributed by atoms with E-state index in [2.05, 4.69) is 16.0 Å². The SMILES string of the molecule is CN[C@@H](C)C(=O)N[C@H]1CCCC2CC23CC[C@@H](C(=O)NCc2cccc(COC(=O)CC4(C)CO4)c2)N3C1=O. The lowest BCUT2D eigenvalue weighted by atomic mass is 9.98. The number of esters is 1. The van der Waals surface area contributed by atoms with Gasteiger partial charge < -0.3 is 30.3 Å². The summed E-state index contributed by atoms with van der Waals surface area (Å²) in [6, 6.07) is 6.00. The predicted molar refractivity (Wildman–Crippen MR) is 142 cm³/mol. The summed E-state index contributed by atoms with van der Waals surface area (Å²) in [5.74, 6) is -0.385. The van der Waals surface area contributed by atoms with E-state index in [9.17, 15) is 19.2 Å². The lowest BCUT2D eigenvalue weighted by Crippen LogP contribution is -2.58. The maximum atomic E-state index is 13.8. The van der Waals surface area contributed by atoms with Crippen LogP contribution in [0.5, 0.6) is 0 Å². The number of carbonyl (C=O) groups excluding carboxylic acids is 4. The number of rotatable bonds is 10. The van der Waals surface area contributed by atoms with E-state index in [1.54, 1.807) is 14.0 Å². The van der Waals surface area contributed by atoms with Crippen LogP contribution in [0.15, 0.2) is 24.3 Å². The summed E-state index contributed by atoms with van der Waals surface area (Å²) >= 11 is 0. The Morgan fingerprint density at radius 2 is 1.97 bits per heavy atom. The number of hydrogen-bond acceptors (Lipinski definition) is 7. The van der Waals surface area contributed by atoms with Crippen molar-refractivity contribution < 1.29 is 28.7 Å². The van der Waals surface area contributed by atoms with Crippen molar-refractivity contribution in [2.75, 3.05) is 13.7 Å². The van der Waals surface area contributed by atoms with E-state index in [0.29, 0.717) is 31.9 Å². The largest absolute Gasteiger partial charge is 0.461 e. The van der Waals surface area contributed by atoms with Gasteiger partial charge in [-0.05, 0) is 70.0 Å². The zero-order valence-electron chi connectivity index (χ0n) is 23.1. The fraction of sp³-hybridized carbons (Fsp3) is 0.655. The Morgan fingerprint density at radius 1 is 1.21 bits per heavy atom. The molecule has 0 aromatic heterocycles. The molecule has 3 unspecified atom stereocenters. The van der Waals surface area contributed by atoms with Gasteiger partial charge in [0.1, 0.15) is 18.7 Å². The molecule has 3 aliphatic heterocycles. The first-order valence-corrected chi connectivity index (χ1v) is 14.1. The van der Waals surface area contributed by atoms with E-state index in [1.165, 1.54) is 0 Å². The highest BCUT2D eigenvalue weighted by Crippen LogP contribution is 2.59. The molecule has 6 atom stereocenters. The Kier molecular flexibility index (Phi) is 7.70. The number of ether oxygens (including phenoxy) is 2. The lowest BCUT2D eigenvalue weighted by molar-refractivity contribution is -0.146. The molecule has 10 heteroatoms.